The smallest absolute Gasteiger partial charge is 0.269 e. The molecule has 1 aromatic heterocycles. The molecule has 1 saturated carbocycles. The molecular formula is C12H20N4O. The Morgan fingerprint density at radius 3 is 3.00 bits per heavy atom. The summed E-state index contributed by atoms with van der Waals surface area (Å²) in [6.45, 7) is 4.50. The minimum absolute atomic E-state index is 0.114. The van der Waals surface area contributed by atoms with Crippen molar-refractivity contribution in [3.05, 3.63) is 11.8 Å². The number of nitrogens with one attached hydrogen (secondary N) is 2. The normalized spacial score (nSPS) is 23.3. The molecule has 1 heterocycles. The number of nitrogens with zero attached hydrogens (tertiary/aromatic N) is 1. The summed E-state index contributed by atoms with van der Waals surface area (Å²) in [4.78, 5) is 11.9. The summed E-state index contributed by atoms with van der Waals surface area (Å²) in [6, 6.07) is 1.82. The molecule has 1 fully saturated rings. The summed E-state index contributed by atoms with van der Waals surface area (Å²) in [5, 5.41) is 9.42. The topological polar surface area (TPSA) is 83.8 Å². The van der Waals surface area contributed by atoms with Gasteiger partial charge in [-0.25, -0.2) is 0 Å². The summed E-state index contributed by atoms with van der Waals surface area (Å²) < 4.78 is 0. The Morgan fingerprint density at radius 2 is 2.41 bits per heavy atom. The molecule has 1 amide bonds. The molecule has 0 saturated heterocycles. The lowest BCUT2D eigenvalue weighted by Crippen LogP contribution is -2.40. The van der Waals surface area contributed by atoms with E-state index >= 15 is 0 Å². The van der Waals surface area contributed by atoms with Crippen LogP contribution in [-0.4, -0.2) is 22.1 Å². The van der Waals surface area contributed by atoms with Crippen LogP contribution in [0.4, 0.5) is 5.82 Å². The molecule has 1 aliphatic carbocycles. The van der Waals surface area contributed by atoms with Gasteiger partial charge in [0.25, 0.3) is 5.91 Å². The van der Waals surface area contributed by atoms with Crippen LogP contribution in [-0.2, 0) is 0 Å². The Labute approximate surface area is 101 Å². The fraction of sp³-hybridized carbons (Fsp3) is 0.667. The molecule has 17 heavy (non-hydrogen) atoms. The van der Waals surface area contributed by atoms with Crippen molar-refractivity contribution in [3.63, 3.8) is 0 Å². The predicted octanol–water partition coefficient (Wildman–Crippen LogP) is 1.69. The lowest BCUT2D eigenvalue weighted by Gasteiger charge is -2.35. The average Bonchev–Trinajstić information content (AvgIpc) is 2.63. The van der Waals surface area contributed by atoms with Gasteiger partial charge in [0.1, 0.15) is 11.5 Å². The van der Waals surface area contributed by atoms with Gasteiger partial charge in [-0.2, -0.15) is 5.10 Å². The number of hydrogen-bond acceptors (Lipinski definition) is 3. The second-order valence-corrected chi connectivity index (χ2v) is 5.64. The molecule has 94 valence electrons. The lowest BCUT2D eigenvalue weighted by atomic mass is 9.75. The average molecular weight is 236 g/mol. The van der Waals surface area contributed by atoms with Gasteiger partial charge in [0, 0.05) is 12.1 Å². The van der Waals surface area contributed by atoms with Gasteiger partial charge in [0.05, 0.1) is 0 Å². The van der Waals surface area contributed by atoms with Crippen LogP contribution in [0.3, 0.4) is 0 Å². The molecule has 4 N–H and O–H groups in total. The molecule has 5 heteroatoms. The number of aromatic amines is 1. The molecule has 0 radical (unpaired) electrons. The molecule has 1 atom stereocenters. The van der Waals surface area contributed by atoms with E-state index in [4.69, 9.17) is 5.73 Å². The highest BCUT2D eigenvalue weighted by Crippen LogP contribution is 2.35. The largest absolute Gasteiger partial charge is 0.382 e. The highest BCUT2D eigenvalue weighted by atomic mass is 16.2. The summed E-state index contributed by atoms with van der Waals surface area (Å²) in [7, 11) is 0. The van der Waals surface area contributed by atoms with E-state index in [1.807, 2.05) is 0 Å². The molecular weight excluding hydrogens is 216 g/mol. The van der Waals surface area contributed by atoms with E-state index in [1.54, 1.807) is 6.07 Å². The van der Waals surface area contributed by atoms with Gasteiger partial charge in [0.15, 0.2) is 0 Å². The van der Waals surface area contributed by atoms with E-state index in [9.17, 15) is 4.79 Å². The Kier molecular flexibility index (Phi) is 3.09. The molecule has 1 aliphatic rings. The zero-order valence-electron chi connectivity index (χ0n) is 10.4. The van der Waals surface area contributed by atoms with Crippen LogP contribution in [0.5, 0.6) is 0 Å². The standard InChI is InChI=1S/C12H20N4O/c1-12(2)5-3-4-8(7-12)14-11(17)9-6-10(13)16-15-9/h6,8H,3-5,7H2,1-2H3,(H,14,17)(H3,13,15,16). The van der Waals surface area contributed by atoms with Gasteiger partial charge in [0.2, 0.25) is 0 Å². The zero-order chi connectivity index (χ0) is 12.5. The molecule has 0 aromatic carbocycles. The Balaban J connectivity index is 1.95. The fourth-order valence-corrected chi connectivity index (χ4v) is 2.54. The molecule has 0 bridgehead atoms. The Bertz CT molecular complexity index is 410. The minimum Gasteiger partial charge on any atom is -0.382 e. The first-order valence-electron chi connectivity index (χ1n) is 6.08. The molecule has 0 spiro atoms. The third-order valence-corrected chi connectivity index (χ3v) is 3.38. The van der Waals surface area contributed by atoms with Gasteiger partial charge >= 0.3 is 0 Å². The summed E-state index contributed by atoms with van der Waals surface area (Å²) in [5.74, 6) is 0.232. The van der Waals surface area contributed by atoms with Crippen molar-refractivity contribution in [1.82, 2.24) is 15.5 Å². The summed E-state index contributed by atoms with van der Waals surface area (Å²) >= 11 is 0. The van der Waals surface area contributed by atoms with Gasteiger partial charge in [-0.1, -0.05) is 20.3 Å². The van der Waals surface area contributed by atoms with E-state index in [-0.39, 0.29) is 11.9 Å². The van der Waals surface area contributed by atoms with Crippen LogP contribution in [0.15, 0.2) is 6.07 Å². The predicted molar refractivity (Wildman–Crippen MR) is 66.5 cm³/mol. The van der Waals surface area contributed by atoms with Crippen LogP contribution in [0.2, 0.25) is 0 Å². The number of rotatable bonds is 2. The maximum atomic E-state index is 11.9. The first kappa shape index (κ1) is 12.0. The van der Waals surface area contributed by atoms with Crippen LogP contribution in [0, 0.1) is 5.41 Å². The van der Waals surface area contributed by atoms with Crippen LogP contribution in [0.1, 0.15) is 50.0 Å². The van der Waals surface area contributed by atoms with Crippen LogP contribution >= 0.6 is 0 Å². The summed E-state index contributed by atoms with van der Waals surface area (Å²) in [5.41, 5.74) is 6.23. The van der Waals surface area contributed by atoms with E-state index in [2.05, 4.69) is 29.4 Å². The number of anilines is 1. The van der Waals surface area contributed by atoms with E-state index < -0.39 is 0 Å². The van der Waals surface area contributed by atoms with Crippen molar-refractivity contribution in [3.8, 4) is 0 Å². The quantitative estimate of drug-likeness (QED) is 0.730. The van der Waals surface area contributed by atoms with Gasteiger partial charge in [-0.15, -0.1) is 0 Å². The second-order valence-electron chi connectivity index (χ2n) is 5.64. The van der Waals surface area contributed by atoms with E-state index in [1.165, 1.54) is 12.8 Å². The second kappa shape index (κ2) is 4.39. The van der Waals surface area contributed by atoms with E-state index in [0.29, 0.717) is 16.9 Å². The number of nitrogens with two attached hydrogens (primary N) is 1. The van der Waals surface area contributed by atoms with Gasteiger partial charge < -0.3 is 11.1 Å². The van der Waals surface area contributed by atoms with Gasteiger partial charge in [-0.3, -0.25) is 9.89 Å². The maximum absolute atomic E-state index is 11.9. The van der Waals surface area contributed by atoms with Crippen molar-refractivity contribution >= 4 is 11.7 Å². The molecule has 1 unspecified atom stereocenters. The third-order valence-electron chi connectivity index (χ3n) is 3.38. The maximum Gasteiger partial charge on any atom is 0.269 e. The van der Waals surface area contributed by atoms with Crippen molar-refractivity contribution in [2.45, 2.75) is 45.6 Å². The summed E-state index contributed by atoms with van der Waals surface area (Å²) in [6.07, 6.45) is 4.49. The number of carbonyl (C=O) groups excluding carboxylic acids is 1. The van der Waals surface area contributed by atoms with Crippen molar-refractivity contribution in [2.24, 2.45) is 5.41 Å². The number of H-pyrrole nitrogens is 1. The third kappa shape index (κ3) is 2.99. The number of carbonyl (C=O) groups is 1. The minimum atomic E-state index is -0.114. The van der Waals surface area contributed by atoms with Crippen molar-refractivity contribution in [1.29, 1.82) is 0 Å². The van der Waals surface area contributed by atoms with Crippen LogP contribution < -0.4 is 11.1 Å². The molecule has 5 nitrogen and oxygen atoms in total. The number of aromatic nitrogens is 2. The van der Waals surface area contributed by atoms with Crippen molar-refractivity contribution in [2.75, 3.05) is 5.73 Å². The molecule has 0 aliphatic heterocycles. The molecule has 1 aromatic rings. The zero-order valence-corrected chi connectivity index (χ0v) is 10.4. The number of amides is 1. The Morgan fingerprint density at radius 1 is 1.65 bits per heavy atom. The fourth-order valence-electron chi connectivity index (χ4n) is 2.54. The highest BCUT2D eigenvalue weighted by Gasteiger charge is 2.29. The van der Waals surface area contributed by atoms with Crippen molar-refractivity contribution < 1.29 is 4.79 Å². The highest BCUT2D eigenvalue weighted by molar-refractivity contribution is 5.93. The first-order chi connectivity index (χ1) is 7.96. The number of hydrogen-bond donors (Lipinski definition) is 3. The van der Waals surface area contributed by atoms with Crippen LogP contribution in [0.25, 0.3) is 0 Å². The lowest BCUT2D eigenvalue weighted by molar-refractivity contribution is 0.0897. The monoisotopic (exact) mass is 236 g/mol. The SMILES string of the molecule is CC1(C)CCCC(NC(=O)c2cc(N)n[nH]2)C1. The Hall–Kier alpha value is -1.52. The van der Waals surface area contributed by atoms with E-state index in [0.717, 1.165) is 12.8 Å². The van der Waals surface area contributed by atoms with Gasteiger partial charge in [-0.05, 0) is 24.7 Å². The molecule has 2 rings (SSSR count). The number of nitrogen functional groups attached to an aromatic ring is 1. The first-order valence-corrected chi connectivity index (χ1v) is 6.08.